The summed E-state index contributed by atoms with van der Waals surface area (Å²) in [4.78, 5) is 23.5. The van der Waals surface area contributed by atoms with Crippen LogP contribution in [0.25, 0.3) is 0 Å². The molecule has 2 N–H and O–H groups in total. The Balaban J connectivity index is 2.74. The highest BCUT2D eigenvalue weighted by Gasteiger charge is 2.44. The number of amides is 1. The van der Waals surface area contributed by atoms with Crippen LogP contribution in [0.2, 0.25) is 0 Å². The summed E-state index contributed by atoms with van der Waals surface area (Å²) in [5.74, 6) is -1.10. The van der Waals surface area contributed by atoms with Crippen LogP contribution in [-0.2, 0) is 14.3 Å². The van der Waals surface area contributed by atoms with Crippen LogP contribution in [0.1, 0.15) is 40.0 Å². The van der Waals surface area contributed by atoms with Gasteiger partial charge in [-0.15, -0.1) is 0 Å². The molecule has 0 aromatic carbocycles. The summed E-state index contributed by atoms with van der Waals surface area (Å²) >= 11 is 0. The van der Waals surface area contributed by atoms with Crippen molar-refractivity contribution in [3.63, 3.8) is 0 Å². The number of carbonyl (C=O) groups is 2. The lowest BCUT2D eigenvalue weighted by Gasteiger charge is -2.28. The van der Waals surface area contributed by atoms with Crippen LogP contribution in [0.5, 0.6) is 0 Å². The molecule has 1 fully saturated rings. The van der Waals surface area contributed by atoms with Gasteiger partial charge in [-0.05, 0) is 12.3 Å². The van der Waals surface area contributed by atoms with Crippen molar-refractivity contribution in [1.82, 2.24) is 5.32 Å². The predicted octanol–water partition coefficient (Wildman–Crippen LogP) is 1.42. The van der Waals surface area contributed by atoms with E-state index in [1.165, 1.54) is 0 Å². The van der Waals surface area contributed by atoms with Gasteiger partial charge in [-0.1, -0.05) is 27.2 Å². The minimum atomic E-state index is -1.22. The monoisotopic (exact) mass is 257 g/mol. The first-order valence-corrected chi connectivity index (χ1v) is 6.56. The number of carboxylic acids is 1. The molecular weight excluding hydrogens is 234 g/mol. The Morgan fingerprint density at radius 2 is 2.11 bits per heavy atom. The Morgan fingerprint density at radius 3 is 2.50 bits per heavy atom. The number of hydrogen-bond acceptors (Lipinski definition) is 3. The van der Waals surface area contributed by atoms with Gasteiger partial charge < -0.3 is 15.2 Å². The van der Waals surface area contributed by atoms with Crippen molar-refractivity contribution in [2.75, 3.05) is 13.2 Å². The first kappa shape index (κ1) is 15.0. The van der Waals surface area contributed by atoms with Crippen molar-refractivity contribution >= 4 is 11.9 Å². The second-order valence-corrected chi connectivity index (χ2v) is 5.32. The van der Waals surface area contributed by atoms with E-state index in [0.717, 1.165) is 12.8 Å². The molecule has 0 spiro atoms. The number of nitrogens with one attached hydrogen (secondary N) is 1. The zero-order valence-electron chi connectivity index (χ0n) is 11.4. The van der Waals surface area contributed by atoms with E-state index in [1.54, 1.807) is 0 Å². The molecule has 0 radical (unpaired) electrons. The first-order valence-electron chi connectivity index (χ1n) is 6.56. The van der Waals surface area contributed by atoms with E-state index < -0.39 is 11.5 Å². The van der Waals surface area contributed by atoms with E-state index in [4.69, 9.17) is 4.74 Å². The number of aliphatic carboxylic acids is 1. The van der Waals surface area contributed by atoms with Crippen LogP contribution in [0.3, 0.4) is 0 Å². The largest absolute Gasteiger partial charge is 0.479 e. The first-order chi connectivity index (χ1) is 8.43. The fourth-order valence-electron chi connectivity index (χ4n) is 2.29. The van der Waals surface area contributed by atoms with E-state index >= 15 is 0 Å². The maximum Gasteiger partial charge on any atom is 0.331 e. The second-order valence-electron chi connectivity index (χ2n) is 5.32. The zero-order valence-corrected chi connectivity index (χ0v) is 11.4. The molecule has 0 aromatic heterocycles. The maximum atomic E-state index is 12.2. The molecular formula is C13H23NO4. The molecule has 0 saturated carbocycles. The molecule has 18 heavy (non-hydrogen) atoms. The number of ether oxygens (including phenoxy) is 1. The van der Waals surface area contributed by atoms with E-state index in [2.05, 4.69) is 5.32 Å². The third kappa shape index (κ3) is 3.22. The van der Waals surface area contributed by atoms with Crippen molar-refractivity contribution in [3.05, 3.63) is 0 Å². The minimum absolute atomic E-state index is 0.0605. The fourth-order valence-corrected chi connectivity index (χ4v) is 2.29. The molecule has 104 valence electrons. The standard InChI is InChI=1S/C13H23NO4/c1-4-5-10(9(2)3)11(15)14-13(12(16)17)6-7-18-8-13/h9-10H,4-8H2,1-3H3,(H,14,15)(H,16,17). The van der Waals surface area contributed by atoms with Crippen molar-refractivity contribution in [2.24, 2.45) is 11.8 Å². The Labute approximate surface area is 108 Å². The SMILES string of the molecule is CCCC(C(=O)NC1(C(=O)O)CCOC1)C(C)C. The Kier molecular flexibility index (Phi) is 5.14. The van der Waals surface area contributed by atoms with E-state index in [1.807, 2.05) is 20.8 Å². The van der Waals surface area contributed by atoms with Gasteiger partial charge in [0, 0.05) is 18.9 Å². The molecule has 1 saturated heterocycles. The summed E-state index contributed by atoms with van der Waals surface area (Å²) < 4.78 is 5.13. The van der Waals surface area contributed by atoms with Gasteiger partial charge in [0.15, 0.2) is 5.54 Å². The smallest absolute Gasteiger partial charge is 0.331 e. The number of carboxylic acid groups (broad SMARTS) is 1. The summed E-state index contributed by atoms with van der Waals surface area (Å²) in [5, 5.41) is 12.0. The molecule has 0 aromatic rings. The third-order valence-electron chi connectivity index (χ3n) is 3.53. The van der Waals surface area contributed by atoms with Crippen molar-refractivity contribution < 1.29 is 19.4 Å². The number of hydrogen-bond donors (Lipinski definition) is 2. The van der Waals surface area contributed by atoms with Gasteiger partial charge in [-0.25, -0.2) is 4.79 Å². The highest BCUT2D eigenvalue weighted by atomic mass is 16.5. The van der Waals surface area contributed by atoms with Gasteiger partial charge in [0.1, 0.15) is 0 Å². The van der Waals surface area contributed by atoms with Gasteiger partial charge in [-0.3, -0.25) is 4.79 Å². The van der Waals surface area contributed by atoms with E-state index in [-0.39, 0.29) is 24.3 Å². The molecule has 5 heteroatoms. The van der Waals surface area contributed by atoms with E-state index in [0.29, 0.717) is 13.0 Å². The van der Waals surface area contributed by atoms with Crippen LogP contribution in [0, 0.1) is 11.8 Å². The quantitative estimate of drug-likeness (QED) is 0.754. The normalized spacial score (nSPS) is 25.1. The predicted molar refractivity (Wildman–Crippen MR) is 67.2 cm³/mol. The average Bonchev–Trinajstić information content (AvgIpc) is 2.75. The Morgan fingerprint density at radius 1 is 1.44 bits per heavy atom. The summed E-state index contributed by atoms with van der Waals surface area (Å²) in [6.45, 7) is 6.43. The molecule has 2 atom stereocenters. The minimum Gasteiger partial charge on any atom is -0.479 e. The number of rotatable bonds is 6. The topological polar surface area (TPSA) is 75.6 Å². The Hall–Kier alpha value is -1.10. The third-order valence-corrected chi connectivity index (χ3v) is 3.53. The highest BCUT2D eigenvalue weighted by molar-refractivity contribution is 5.88. The van der Waals surface area contributed by atoms with Crippen LogP contribution in [0.15, 0.2) is 0 Å². The molecule has 2 unspecified atom stereocenters. The molecule has 1 rings (SSSR count). The molecule has 1 amide bonds. The van der Waals surface area contributed by atoms with Crippen molar-refractivity contribution in [3.8, 4) is 0 Å². The average molecular weight is 257 g/mol. The molecule has 0 aliphatic carbocycles. The van der Waals surface area contributed by atoms with Crippen LogP contribution in [-0.4, -0.2) is 35.7 Å². The maximum absolute atomic E-state index is 12.2. The lowest BCUT2D eigenvalue weighted by Crippen LogP contribution is -2.57. The van der Waals surface area contributed by atoms with Gasteiger partial charge in [0.05, 0.1) is 6.61 Å². The summed E-state index contributed by atoms with van der Waals surface area (Å²) in [6.07, 6.45) is 2.03. The summed E-state index contributed by atoms with van der Waals surface area (Å²) in [7, 11) is 0. The molecule has 5 nitrogen and oxygen atoms in total. The lowest BCUT2D eigenvalue weighted by atomic mass is 9.88. The molecule has 0 bridgehead atoms. The number of carbonyl (C=O) groups excluding carboxylic acids is 1. The van der Waals surface area contributed by atoms with Crippen LogP contribution >= 0.6 is 0 Å². The van der Waals surface area contributed by atoms with Crippen LogP contribution in [0.4, 0.5) is 0 Å². The molecule has 1 heterocycles. The zero-order chi connectivity index (χ0) is 13.8. The van der Waals surface area contributed by atoms with Gasteiger partial charge >= 0.3 is 5.97 Å². The van der Waals surface area contributed by atoms with Gasteiger partial charge in [0.25, 0.3) is 0 Å². The molecule has 1 aliphatic rings. The second kappa shape index (κ2) is 6.18. The highest BCUT2D eigenvalue weighted by Crippen LogP contribution is 2.23. The van der Waals surface area contributed by atoms with Crippen molar-refractivity contribution in [2.45, 2.75) is 45.6 Å². The van der Waals surface area contributed by atoms with Crippen molar-refractivity contribution in [1.29, 1.82) is 0 Å². The Bertz CT molecular complexity index is 308. The summed E-state index contributed by atoms with van der Waals surface area (Å²) in [6, 6.07) is 0. The fraction of sp³-hybridized carbons (Fsp3) is 0.846. The lowest BCUT2D eigenvalue weighted by molar-refractivity contribution is -0.148. The van der Waals surface area contributed by atoms with Gasteiger partial charge in [-0.2, -0.15) is 0 Å². The molecule has 1 aliphatic heterocycles. The van der Waals surface area contributed by atoms with E-state index in [9.17, 15) is 14.7 Å². The van der Waals surface area contributed by atoms with Gasteiger partial charge in [0.2, 0.25) is 5.91 Å². The summed E-state index contributed by atoms with van der Waals surface area (Å²) in [5.41, 5.74) is -1.22. The van der Waals surface area contributed by atoms with Crippen LogP contribution < -0.4 is 5.32 Å².